The van der Waals surface area contributed by atoms with Gasteiger partial charge in [0.15, 0.2) is 17.6 Å². The monoisotopic (exact) mass is 414 g/mol. The molecule has 2 aliphatic heterocycles. The van der Waals surface area contributed by atoms with Crippen molar-refractivity contribution >= 4 is 11.8 Å². The van der Waals surface area contributed by atoms with Gasteiger partial charge in [0.05, 0.1) is 18.8 Å². The van der Waals surface area contributed by atoms with Crippen LogP contribution >= 0.6 is 0 Å². The van der Waals surface area contributed by atoms with Gasteiger partial charge in [0, 0.05) is 31.9 Å². The molecule has 0 aromatic carbocycles. The molecule has 30 heavy (non-hydrogen) atoms. The summed E-state index contributed by atoms with van der Waals surface area (Å²) in [5.41, 5.74) is 0. The molecule has 0 saturated carbocycles. The fraction of sp³-hybridized carbons (Fsp3) is 0.545. The summed E-state index contributed by atoms with van der Waals surface area (Å²) in [6.07, 6.45) is 6.73. The molecule has 4 rings (SSSR count). The largest absolute Gasteiger partial charge is 0.468 e. The van der Waals surface area contributed by atoms with Crippen molar-refractivity contribution in [3.63, 3.8) is 0 Å². The summed E-state index contributed by atoms with van der Waals surface area (Å²) in [4.78, 5) is 13.5. The molecule has 4 heterocycles. The molecular formula is C22H31FN6O. The first-order valence-electron chi connectivity index (χ1n) is 10.9. The van der Waals surface area contributed by atoms with Crippen molar-refractivity contribution in [1.29, 1.82) is 0 Å². The van der Waals surface area contributed by atoms with Gasteiger partial charge in [-0.1, -0.05) is 0 Å². The van der Waals surface area contributed by atoms with Crippen LogP contribution in [0.5, 0.6) is 0 Å². The van der Waals surface area contributed by atoms with E-state index >= 15 is 0 Å². The minimum atomic E-state index is -0.273. The van der Waals surface area contributed by atoms with Crippen LogP contribution in [0.2, 0.25) is 0 Å². The molecule has 2 saturated heterocycles. The van der Waals surface area contributed by atoms with E-state index in [0.29, 0.717) is 18.9 Å². The van der Waals surface area contributed by atoms with Crippen LogP contribution in [0.4, 0.5) is 10.2 Å². The van der Waals surface area contributed by atoms with Crippen molar-refractivity contribution in [3.05, 3.63) is 48.3 Å². The Bertz CT molecular complexity index is 821. The van der Waals surface area contributed by atoms with E-state index in [0.717, 1.165) is 44.3 Å². The summed E-state index contributed by atoms with van der Waals surface area (Å²) in [7, 11) is 0. The summed E-state index contributed by atoms with van der Waals surface area (Å²) in [6.45, 7) is 7.11. The molecule has 2 aliphatic rings. The Balaban J connectivity index is 1.40. The Hall–Kier alpha value is -2.61. The highest BCUT2D eigenvalue weighted by molar-refractivity contribution is 5.80. The molecule has 7 nitrogen and oxygen atoms in total. The van der Waals surface area contributed by atoms with E-state index in [9.17, 15) is 4.39 Å². The maximum absolute atomic E-state index is 14.1. The van der Waals surface area contributed by atoms with Crippen LogP contribution in [0, 0.1) is 5.82 Å². The maximum atomic E-state index is 14.1. The fourth-order valence-electron chi connectivity index (χ4n) is 4.29. The Kier molecular flexibility index (Phi) is 6.84. The number of halogens is 1. The van der Waals surface area contributed by atoms with Gasteiger partial charge in [-0.3, -0.25) is 9.89 Å². The average molecular weight is 415 g/mol. The summed E-state index contributed by atoms with van der Waals surface area (Å²) < 4.78 is 19.8. The van der Waals surface area contributed by atoms with E-state index in [1.54, 1.807) is 18.5 Å². The van der Waals surface area contributed by atoms with Gasteiger partial charge in [0.2, 0.25) is 0 Å². The van der Waals surface area contributed by atoms with E-state index in [4.69, 9.17) is 9.41 Å². The zero-order valence-corrected chi connectivity index (χ0v) is 17.6. The number of pyridine rings is 1. The molecule has 0 radical (unpaired) electrons. The SMILES string of the molecule is CCNC(=NCC(c1ccco1)N1CCCC1)NC1CCN(c2ncccc2F)C1. The van der Waals surface area contributed by atoms with Crippen LogP contribution in [0.1, 0.15) is 38.0 Å². The van der Waals surface area contributed by atoms with Gasteiger partial charge in [0.1, 0.15) is 5.76 Å². The lowest BCUT2D eigenvalue weighted by Crippen LogP contribution is -2.45. The van der Waals surface area contributed by atoms with Gasteiger partial charge in [-0.25, -0.2) is 9.37 Å². The molecule has 2 aromatic rings. The number of nitrogens with one attached hydrogen (secondary N) is 2. The van der Waals surface area contributed by atoms with Gasteiger partial charge in [0.25, 0.3) is 0 Å². The molecule has 0 bridgehead atoms. The number of furan rings is 1. The molecule has 2 atom stereocenters. The summed E-state index contributed by atoms with van der Waals surface area (Å²) in [5, 5.41) is 6.87. The quantitative estimate of drug-likeness (QED) is 0.536. The minimum absolute atomic E-state index is 0.153. The second-order valence-corrected chi connectivity index (χ2v) is 7.88. The molecule has 162 valence electrons. The average Bonchev–Trinajstić information content (AvgIpc) is 3.52. The predicted molar refractivity (Wildman–Crippen MR) is 116 cm³/mol. The topological polar surface area (TPSA) is 68.9 Å². The Labute approximate surface area is 177 Å². The van der Waals surface area contributed by atoms with Crippen molar-refractivity contribution < 1.29 is 8.81 Å². The van der Waals surface area contributed by atoms with Gasteiger partial charge in [-0.15, -0.1) is 0 Å². The van der Waals surface area contributed by atoms with Gasteiger partial charge in [-0.2, -0.15) is 0 Å². The molecule has 0 amide bonds. The van der Waals surface area contributed by atoms with Crippen LogP contribution in [-0.4, -0.2) is 61.2 Å². The van der Waals surface area contributed by atoms with Crippen molar-refractivity contribution in [1.82, 2.24) is 20.5 Å². The Morgan fingerprint density at radius 3 is 2.90 bits per heavy atom. The van der Waals surface area contributed by atoms with E-state index in [1.165, 1.54) is 18.9 Å². The first-order chi connectivity index (χ1) is 14.7. The van der Waals surface area contributed by atoms with Crippen LogP contribution in [-0.2, 0) is 0 Å². The normalized spacial score (nSPS) is 21.2. The number of nitrogens with zero attached hydrogens (tertiary/aromatic N) is 4. The third-order valence-electron chi connectivity index (χ3n) is 5.79. The van der Waals surface area contributed by atoms with E-state index in [2.05, 4.69) is 27.4 Å². The highest BCUT2D eigenvalue weighted by atomic mass is 19.1. The third-order valence-corrected chi connectivity index (χ3v) is 5.79. The number of hydrogen-bond donors (Lipinski definition) is 2. The van der Waals surface area contributed by atoms with Crippen molar-refractivity contribution in [2.24, 2.45) is 4.99 Å². The van der Waals surface area contributed by atoms with Crippen molar-refractivity contribution in [3.8, 4) is 0 Å². The first kappa shape index (κ1) is 20.7. The summed E-state index contributed by atoms with van der Waals surface area (Å²) in [5.74, 6) is 1.91. The maximum Gasteiger partial charge on any atom is 0.191 e. The van der Waals surface area contributed by atoms with Gasteiger partial charge >= 0.3 is 0 Å². The molecule has 2 N–H and O–H groups in total. The number of rotatable bonds is 7. The molecule has 2 aromatic heterocycles. The number of aliphatic imine (C=N–C) groups is 1. The number of guanidine groups is 1. The lowest BCUT2D eigenvalue weighted by molar-refractivity contribution is 0.221. The molecule has 8 heteroatoms. The second-order valence-electron chi connectivity index (χ2n) is 7.88. The zero-order chi connectivity index (χ0) is 20.8. The third kappa shape index (κ3) is 4.92. The fourth-order valence-corrected chi connectivity index (χ4v) is 4.29. The number of hydrogen-bond acceptors (Lipinski definition) is 5. The van der Waals surface area contributed by atoms with Gasteiger partial charge in [-0.05, 0) is 63.5 Å². The van der Waals surface area contributed by atoms with Crippen LogP contribution in [0.15, 0.2) is 46.1 Å². The number of likely N-dealkylation sites (tertiary alicyclic amines) is 1. The van der Waals surface area contributed by atoms with Crippen LogP contribution in [0.25, 0.3) is 0 Å². The molecule has 2 fully saturated rings. The lowest BCUT2D eigenvalue weighted by Gasteiger charge is -2.25. The zero-order valence-electron chi connectivity index (χ0n) is 17.6. The second kappa shape index (κ2) is 9.93. The summed E-state index contributed by atoms with van der Waals surface area (Å²) in [6, 6.07) is 7.40. The van der Waals surface area contributed by atoms with Crippen LogP contribution in [0.3, 0.4) is 0 Å². The highest BCUT2D eigenvalue weighted by Crippen LogP contribution is 2.26. The predicted octanol–water partition coefficient (Wildman–Crippen LogP) is 2.78. The van der Waals surface area contributed by atoms with E-state index < -0.39 is 0 Å². The lowest BCUT2D eigenvalue weighted by atomic mass is 10.2. The summed E-state index contributed by atoms with van der Waals surface area (Å²) >= 11 is 0. The molecule has 0 aliphatic carbocycles. The first-order valence-corrected chi connectivity index (χ1v) is 10.9. The van der Waals surface area contributed by atoms with E-state index in [1.807, 2.05) is 17.0 Å². The number of aromatic nitrogens is 1. The molecular weight excluding hydrogens is 383 g/mol. The number of anilines is 1. The van der Waals surface area contributed by atoms with Crippen molar-refractivity contribution in [2.75, 3.05) is 44.2 Å². The Morgan fingerprint density at radius 1 is 1.30 bits per heavy atom. The van der Waals surface area contributed by atoms with E-state index in [-0.39, 0.29) is 17.9 Å². The minimum Gasteiger partial charge on any atom is -0.468 e. The molecule has 0 spiro atoms. The highest BCUT2D eigenvalue weighted by Gasteiger charge is 2.27. The van der Waals surface area contributed by atoms with Crippen LogP contribution < -0.4 is 15.5 Å². The molecule has 2 unspecified atom stereocenters. The Morgan fingerprint density at radius 2 is 2.17 bits per heavy atom. The smallest absolute Gasteiger partial charge is 0.191 e. The van der Waals surface area contributed by atoms with Gasteiger partial charge < -0.3 is 20.0 Å². The van der Waals surface area contributed by atoms with Crippen molar-refractivity contribution in [2.45, 2.75) is 38.3 Å². The standard InChI is InChI=1S/C22H31FN6O/c1-2-24-22(26-15-19(20-8-6-14-30-20)28-11-3-4-12-28)27-17-9-13-29(16-17)21-18(23)7-5-10-25-21/h5-8,10,14,17,19H,2-4,9,11-13,15-16H2,1H3,(H2,24,26,27).